The molecule has 0 bridgehead atoms. The van der Waals surface area contributed by atoms with E-state index in [1.165, 1.54) is 22.3 Å². The first-order valence-corrected chi connectivity index (χ1v) is 21.6. The average Bonchev–Trinajstić information content (AvgIpc) is 3.72. The number of carbonyl (C=O) groups is 2. The van der Waals surface area contributed by atoms with Crippen molar-refractivity contribution in [3.63, 3.8) is 0 Å². The molecule has 10 rings (SSSR count). The number of anilines is 6. The molecule has 6 aromatic carbocycles. The molecule has 0 atom stereocenters. The molecule has 6 heteroatoms. The van der Waals surface area contributed by atoms with Crippen molar-refractivity contribution in [3.05, 3.63) is 189 Å². The molecule has 0 radical (unpaired) electrons. The molecule has 0 spiro atoms. The molecule has 0 amide bonds. The summed E-state index contributed by atoms with van der Waals surface area (Å²) in [5.41, 5.74) is 14.2. The lowest BCUT2D eigenvalue weighted by Gasteiger charge is -2.43. The largest absolute Gasteiger partial charge is 0.418 e. The van der Waals surface area contributed by atoms with Gasteiger partial charge in [0.2, 0.25) is 0 Å². The van der Waals surface area contributed by atoms with Gasteiger partial charge in [-0.05, 0) is 116 Å². The minimum Gasteiger partial charge on any atom is -0.418 e. The molecular weight excluding hydrogens is 765 g/mol. The van der Waals surface area contributed by atoms with E-state index in [-0.39, 0.29) is 33.5 Å². The second kappa shape index (κ2) is 13.4. The van der Waals surface area contributed by atoms with Crippen molar-refractivity contribution in [3.8, 4) is 0 Å². The van der Waals surface area contributed by atoms with Crippen molar-refractivity contribution in [2.45, 2.75) is 90.9 Å². The van der Waals surface area contributed by atoms with Crippen LogP contribution in [0.5, 0.6) is 0 Å². The number of rotatable bonds is 4. The van der Waals surface area contributed by atoms with E-state index in [2.05, 4.69) is 188 Å². The zero-order valence-corrected chi connectivity index (χ0v) is 37.2. The minimum absolute atomic E-state index is 0.0486. The Hall–Kier alpha value is -6.66. The maximum atomic E-state index is 14.1. The number of fused-ring (bicyclic) bond motifs is 5. The Balaban J connectivity index is 1.11. The van der Waals surface area contributed by atoms with Crippen LogP contribution in [0.3, 0.4) is 0 Å². The molecule has 0 saturated carbocycles. The van der Waals surface area contributed by atoms with E-state index in [1.807, 2.05) is 24.3 Å². The van der Waals surface area contributed by atoms with E-state index in [4.69, 9.17) is 9.47 Å². The minimum atomic E-state index is -0.541. The van der Waals surface area contributed by atoms with Gasteiger partial charge >= 0.3 is 11.9 Å². The van der Waals surface area contributed by atoms with Crippen molar-refractivity contribution in [1.29, 1.82) is 0 Å². The lowest BCUT2D eigenvalue weighted by atomic mass is 9.71. The van der Waals surface area contributed by atoms with Crippen LogP contribution in [-0.2, 0) is 40.7 Å². The van der Waals surface area contributed by atoms with Gasteiger partial charge in [-0.2, -0.15) is 0 Å². The van der Waals surface area contributed by atoms with Crippen LogP contribution in [0, 0.1) is 0 Å². The van der Waals surface area contributed by atoms with Gasteiger partial charge in [0.05, 0.1) is 22.7 Å². The molecule has 0 N–H and O–H groups in total. The quantitative estimate of drug-likeness (QED) is 0.165. The van der Waals surface area contributed by atoms with Crippen LogP contribution in [0.25, 0.3) is 11.1 Å². The fraction of sp³-hybridized carbons (Fsp3) is 0.250. The first-order valence-electron chi connectivity index (χ1n) is 21.6. The first kappa shape index (κ1) is 39.5. The summed E-state index contributed by atoms with van der Waals surface area (Å²) in [7, 11) is 0. The molecule has 4 heterocycles. The number of benzene rings is 6. The molecule has 0 fully saturated rings. The summed E-state index contributed by atoms with van der Waals surface area (Å²) in [5, 5.41) is 0. The molecule has 6 nitrogen and oxygen atoms in total. The first-order chi connectivity index (χ1) is 29.4. The normalized spacial score (nSPS) is 17.3. The summed E-state index contributed by atoms with van der Waals surface area (Å²) in [6.07, 6.45) is 0. The highest BCUT2D eigenvalue weighted by molar-refractivity contribution is 6.29. The Labute approximate surface area is 365 Å². The summed E-state index contributed by atoms with van der Waals surface area (Å²) in [6.45, 7) is 22.4. The van der Waals surface area contributed by atoms with Crippen LogP contribution in [0.2, 0.25) is 0 Å². The molecule has 4 aliphatic heterocycles. The van der Waals surface area contributed by atoms with Gasteiger partial charge in [0.25, 0.3) is 0 Å². The Morgan fingerprint density at radius 1 is 0.419 bits per heavy atom. The molecule has 0 aromatic heterocycles. The van der Waals surface area contributed by atoms with Crippen LogP contribution >= 0.6 is 0 Å². The van der Waals surface area contributed by atoms with Crippen LogP contribution in [0.1, 0.15) is 114 Å². The molecule has 62 heavy (non-hydrogen) atoms. The Morgan fingerprint density at radius 2 is 0.742 bits per heavy atom. The monoisotopic (exact) mass is 816 g/mol. The van der Waals surface area contributed by atoms with E-state index in [9.17, 15) is 9.59 Å². The zero-order chi connectivity index (χ0) is 43.7. The van der Waals surface area contributed by atoms with Crippen molar-refractivity contribution in [2.75, 3.05) is 9.80 Å². The molecular formula is C56H52N2O4. The molecule has 0 unspecified atom stereocenters. The SMILES string of the molecule is CC(C)(C)c1ccc2c(c1)C(C)(C)c1cc(C3=C4OC(=O)C(c5ccc6c(c5)C(C)(C)c5cc(C(C)(C)C)ccc5N6c5ccccc5)=C4OC3=O)ccc1N2c1ccccc1. The second-order valence-electron chi connectivity index (χ2n) is 20.2. The number of ether oxygens (including phenoxy) is 2. The van der Waals surface area contributed by atoms with Gasteiger partial charge < -0.3 is 19.3 Å². The van der Waals surface area contributed by atoms with Crippen molar-refractivity contribution in [1.82, 2.24) is 0 Å². The number of para-hydroxylation sites is 2. The lowest BCUT2D eigenvalue weighted by molar-refractivity contribution is -0.131. The van der Waals surface area contributed by atoms with Gasteiger partial charge in [0.1, 0.15) is 11.1 Å². The molecule has 310 valence electrons. The summed E-state index contributed by atoms with van der Waals surface area (Å²) in [5.74, 6) is -0.744. The lowest BCUT2D eigenvalue weighted by Crippen LogP contribution is -2.31. The Bertz CT molecular complexity index is 2750. The van der Waals surface area contributed by atoms with Crippen molar-refractivity contribution >= 4 is 57.2 Å². The van der Waals surface area contributed by atoms with Crippen LogP contribution in [-0.4, -0.2) is 11.9 Å². The zero-order valence-electron chi connectivity index (χ0n) is 37.2. The molecule has 4 aliphatic rings. The van der Waals surface area contributed by atoms with Crippen molar-refractivity contribution in [2.24, 2.45) is 0 Å². The molecule has 6 aromatic rings. The number of carbonyl (C=O) groups excluding carboxylic acids is 2. The van der Waals surface area contributed by atoms with E-state index in [1.54, 1.807) is 0 Å². The molecule has 0 saturated heterocycles. The number of hydrogen-bond donors (Lipinski definition) is 0. The highest BCUT2D eigenvalue weighted by atomic mass is 16.6. The molecule has 0 aliphatic carbocycles. The van der Waals surface area contributed by atoms with Crippen LogP contribution < -0.4 is 9.80 Å². The third-order valence-electron chi connectivity index (χ3n) is 13.4. The number of hydrogen-bond acceptors (Lipinski definition) is 6. The van der Waals surface area contributed by atoms with Gasteiger partial charge in [-0.1, -0.05) is 142 Å². The van der Waals surface area contributed by atoms with Gasteiger partial charge in [-0.25, -0.2) is 9.59 Å². The Kier molecular flexibility index (Phi) is 8.54. The topological polar surface area (TPSA) is 59.1 Å². The predicted molar refractivity (Wildman–Crippen MR) is 250 cm³/mol. The summed E-state index contributed by atoms with van der Waals surface area (Å²) < 4.78 is 12.2. The number of nitrogens with zero attached hydrogens (tertiary/aromatic N) is 2. The van der Waals surface area contributed by atoms with Crippen LogP contribution in [0.4, 0.5) is 34.1 Å². The maximum Gasteiger partial charge on any atom is 0.348 e. The van der Waals surface area contributed by atoms with Crippen molar-refractivity contribution < 1.29 is 19.1 Å². The highest BCUT2D eigenvalue weighted by Crippen LogP contribution is 2.56. The van der Waals surface area contributed by atoms with Gasteiger partial charge in [-0.3, -0.25) is 0 Å². The van der Waals surface area contributed by atoms with Gasteiger partial charge in [0, 0.05) is 22.2 Å². The second-order valence-corrected chi connectivity index (χ2v) is 20.2. The van der Waals surface area contributed by atoms with E-state index < -0.39 is 22.8 Å². The van der Waals surface area contributed by atoms with Gasteiger partial charge in [0.15, 0.2) is 11.5 Å². The van der Waals surface area contributed by atoms with E-state index in [0.717, 1.165) is 45.3 Å². The van der Waals surface area contributed by atoms with Gasteiger partial charge in [-0.15, -0.1) is 0 Å². The van der Waals surface area contributed by atoms with E-state index >= 15 is 0 Å². The third kappa shape index (κ3) is 5.90. The predicted octanol–water partition coefficient (Wildman–Crippen LogP) is 13.7. The third-order valence-corrected chi connectivity index (χ3v) is 13.4. The maximum absolute atomic E-state index is 14.1. The smallest absolute Gasteiger partial charge is 0.348 e. The average molecular weight is 817 g/mol. The standard InChI is InChI=1S/C56H52N2O4/c1-53(2,3)35-23-27-45-41(31-35)55(7,8)39-29-33(21-25-43(39)57(45)37-17-13-11-14-18-37)47-49-50(62-51(47)59)48(52(60)61-49)34-22-26-44-40(30-34)56(9,10)42-32-36(54(4,5)6)24-28-46(42)58(44)38-19-15-12-16-20-38/h11-32H,1-10H3. The fourth-order valence-electron chi connectivity index (χ4n) is 9.82. The summed E-state index contributed by atoms with van der Waals surface area (Å²) in [4.78, 5) is 32.8. The fourth-order valence-corrected chi connectivity index (χ4v) is 9.82. The number of esters is 2. The Morgan fingerprint density at radius 3 is 1.08 bits per heavy atom. The highest BCUT2D eigenvalue weighted by Gasteiger charge is 2.46. The van der Waals surface area contributed by atoms with E-state index in [0.29, 0.717) is 11.1 Å². The van der Waals surface area contributed by atoms with Crippen LogP contribution in [0.15, 0.2) is 145 Å². The summed E-state index contributed by atoms with van der Waals surface area (Å²) >= 11 is 0. The summed E-state index contributed by atoms with van der Waals surface area (Å²) in [6, 6.07) is 46.6.